The molecule has 0 radical (unpaired) electrons. The maximum atomic E-state index is 12.9. The van der Waals surface area contributed by atoms with Crippen LogP contribution < -0.4 is 0 Å². The maximum absolute atomic E-state index is 12.9. The number of fused-ring (bicyclic) bond motifs is 2. The number of para-hydroxylation sites is 1. The summed E-state index contributed by atoms with van der Waals surface area (Å²) in [5, 5.41) is 3.07. The van der Waals surface area contributed by atoms with Crippen LogP contribution in [0, 0.1) is 0 Å². The highest BCUT2D eigenvalue weighted by atomic mass is 16.2. The van der Waals surface area contributed by atoms with E-state index >= 15 is 0 Å². The van der Waals surface area contributed by atoms with Crippen molar-refractivity contribution in [3.05, 3.63) is 84.1 Å². The Labute approximate surface area is 155 Å². The molecule has 2 heterocycles. The van der Waals surface area contributed by atoms with Crippen LogP contribution in [0.5, 0.6) is 0 Å². The van der Waals surface area contributed by atoms with Crippen LogP contribution in [0.2, 0.25) is 0 Å². The number of amides is 2. The molecule has 0 spiro atoms. The van der Waals surface area contributed by atoms with Gasteiger partial charge < -0.3 is 4.98 Å². The Kier molecular flexibility index (Phi) is 3.28. The number of nitrogens with zero attached hydrogens (tertiary/aromatic N) is 1. The standard InChI is InChI=1S/C23H16N2O2/c1-25-22(26)20(16-11-10-14-6-2-3-7-15(14)12-16)21(23(25)27)18-13-24-19-9-5-4-8-17(18)19/h2-13,24H,1H3. The molecule has 0 fully saturated rings. The molecule has 0 unspecified atom stereocenters. The van der Waals surface area contributed by atoms with E-state index in [-0.39, 0.29) is 11.8 Å². The van der Waals surface area contributed by atoms with E-state index in [1.54, 1.807) is 0 Å². The van der Waals surface area contributed by atoms with E-state index in [0.717, 1.165) is 32.8 Å². The first-order chi connectivity index (χ1) is 13.1. The third-order valence-electron chi connectivity index (χ3n) is 5.18. The first kappa shape index (κ1) is 15.6. The molecule has 1 N–H and O–H groups in total. The Morgan fingerprint density at radius 1 is 0.778 bits per heavy atom. The third-order valence-corrected chi connectivity index (χ3v) is 5.18. The number of hydrogen-bond acceptors (Lipinski definition) is 2. The molecule has 0 aliphatic carbocycles. The fourth-order valence-electron chi connectivity index (χ4n) is 3.78. The monoisotopic (exact) mass is 352 g/mol. The number of carbonyl (C=O) groups is 2. The summed E-state index contributed by atoms with van der Waals surface area (Å²) in [6.07, 6.45) is 1.81. The molecule has 27 heavy (non-hydrogen) atoms. The fourth-order valence-corrected chi connectivity index (χ4v) is 3.78. The lowest BCUT2D eigenvalue weighted by atomic mass is 9.94. The fraction of sp³-hybridized carbons (Fsp3) is 0.0435. The van der Waals surface area contributed by atoms with Gasteiger partial charge in [-0.2, -0.15) is 0 Å². The van der Waals surface area contributed by atoms with Crippen LogP contribution in [0.3, 0.4) is 0 Å². The van der Waals surface area contributed by atoms with Crippen molar-refractivity contribution in [2.45, 2.75) is 0 Å². The van der Waals surface area contributed by atoms with E-state index in [1.165, 1.54) is 11.9 Å². The predicted molar refractivity (Wildman–Crippen MR) is 107 cm³/mol. The van der Waals surface area contributed by atoms with E-state index in [2.05, 4.69) is 4.98 Å². The average molecular weight is 352 g/mol. The molecule has 5 rings (SSSR count). The summed E-state index contributed by atoms with van der Waals surface area (Å²) in [7, 11) is 1.54. The number of rotatable bonds is 2. The van der Waals surface area contributed by atoms with Gasteiger partial charge in [-0.15, -0.1) is 0 Å². The second-order valence-electron chi connectivity index (χ2n) is 6.73. The second-order valence-corrected chi connectivity index (χ2v) is 6.73. The summed E-state index contributed by atoms with van der Waals surface area (Å²) in [6.45, 7) is 0. The van der Waals surface area contributed by atoms with Gasteiger partial charge in [-0.05, 0) is 28.5 Å². The smallest absolute Gasteiger partial charge is 0.261 e. The maximum Gasteiger partial charge on any atom is 0.261 e. The van der Waals surface area contributed by atoms with Gasteiger partial charge in [0.25, 0.3) is 11.8 Å². The minimum atomic E-state index is -0.270. The molecule has 2 amide bonds. The van der Waals surface area contributed by atoms with Gasteiger partial charge in [0.05, 0.1) is 11.1 Å². The number of hydrogen-bond donors (Lipinski definition) is 1. The van der Waals surface area contributed by atoms with Crippen molar-refractivity contribution in [3.63, 3.8) is 0 Å². The molecule has 0 atom stereocenters. The molecule has 4 heteroatoms. The lowest BCUT2D eigenvalue weighted by Crippen LogP contribution is -2.26. The van der Waals surface area contributed by atoms with E-state index in [0.29, 0.717) is 11.1 Å². The number of H-pyrrole nitrogens is 1. The summed E-state index contributed by atoms with van der Waals surface area (Å²) in [5.74, 6) is -0.538. The van der Waals surface area contributed by atoms with Crippen LogP contribution in [-0.4, -0.2) is 28.7 Å². The van der Waals surface area contributed by atoms with Gasteiger partial charge in [-0.3, -0.25) is 14.5 Å². The predicted octanol–water partition coefficient (Wildman–Crippen LogP) is 4.23. The van der Waals surface area contributed by atoms with Gasteiger partial charge in [0, 0.05) is 29.7 Å². The molecule has 0 saturated heterocycles. The van der Waals surface area contributed by atoms with E-state index < -0.39 is 0 Å². The summed E-state index contributed by atoms with van der Waals surface area (Å²) in [5.41, 5.74) is 3.37. The van der Waals surface area contributed by atoms with Crippen molar-refractivity contribution in [1.29, 1.82) is 0 Å². The minimum Gasteiger partial charge on any atom is -0.361 e. The van der Waals surface area contributed by atoms with Gasteiger partial charge >= 0.3 is 0 Å². The number of likely N-dealkylation sites (N-methyl/N-ethyl adjacent to an activating group) is 1. The van der Waals surface area contributed by atoms with Crippen molar-refractivity contribution in [1.82, 2.24) is 9.88 Å². The van der Waals surface area contributed by atoms with Crippen molar-refractivity contribution < 1.29 is 9.59 Å². The van der Waals surface area contributed by atoms with Crippen molar-refractivity contribution in [3.8, 4) is 0 Å². The molecule has 1 aliphatic heterocycles. The van der Waals surface area contributed by atoms with Crippen molar-refractivity contribution in [2.75, 3.05) is 7.05 Å². The molecule has 1 aliphatic rings. The van der Waals surface area contributed by atoms with E-state index in [4.69, 9.17) is 0 Å². The van der Waals surface area contributed by atoms with Crippen LogP contribution in [0.15, 0.2) is 72.9 Å². The van der Waals surface area contributed by atoms with Gasteiger partial charge in [0.1, 0.15) is 0 Å². The minimum absolute atomic E-state index is 0.268. The Morgan fingerprint density at radius 2 is 1.48 bits per heavy atom. The van der Waals surface area contributed by atoms with E-state index in [9.17, 15) is 9.59 Å². The molecule has 130 valence electrons. The summed E-state index contributed by atoms with van der Waals surface area (Å²) >= 11 is 0. The van der Waals surface area contributed by atoms with Crippen LogP contribution in [-0.2, 0) is 9.59 Å². The Balaban J connectivity index is 1.81. The first-order valence-electron chi connectivity index (χ1n) is 8.77. The average Bonchev–Trinajstić information content (AvgIpc) is 3.22. The molecular formula is C23H16N2O2. The van der Waals surface area contributed by atoms with Gasteiger partial charge in [-0.1, -0.05) is 54.6 Å². The molecule has 0 bridgehead atoms. The normalized spacial score (nSPS) is 14.8. The van der Waals surface area contributed by atoms with Crippen molar-refractivity contribution in [2.24, 2.45) is 0 Å². The molecule has 3 aromatic carbocycles. The summed E-state index contributed by atoms with van der Waals surface area (Å²) < 4.78 is 0. The number of aromatic nitrogens is 1. The van der Waals surface area contributed by atoms with Crippen LogP contribution >= 0.6 is 0 Å². The quantitative estimate of drug-likeness (QED) is 0.549. The van der Waals surface area contributed by atoms with Crippen LogP contribution in [0.1, 0.15) is 11.1 Å². The lowest BCUT2D eigenvalue weighted by Gasteiger charge is -2.07. The van der Waals surface area contributed by atoms with Gasteiger partial charge in [0.15, 0.2) is 0 Å². The molecular weight excluding hydrogens is 336 g/mol. The highest BCUT2D eigenvalue weighted by molar-refractivity contribution is 6.49. The summed E-state index contributed by atoms with van der Waals surface area (Å²) in [4.78, 5) is 30.3. The largest absolute Gasteiger partial charge is 0.361 e. The zero-order chi connectivity index (χ0) is 18.5. The molecule has 4 aromatic rings. The second kappa shape index (κ2) is 5.68. The highest BCUT2D eigenvalue weighted by Crippen LogP contribution is 2.38. The Hall–Kier alpha value is -3.66. The lowest BCUT2D eigenvalue weighted by molar-refractivity contribution is -0.134. The number of benzene rings is 3. The Bertz CT molecular complexity index is 1280. The number of imide groups is 1. The SMILES string of the molecule is CN1C(=O)C(c2ccc3ccccc3c2)=C(c2c[nH]c3ccccc23)C1=O. The zero-order valence-electron chi connectivity index (χ0n) is 14.7. The number of carbonyl (C=O) groups excluding carboxylic acids is 2. The topological polar surface area (TPSA) is 53.2 Å². The molecule has 1 aromatic heterocycles. The highest BCUT2D eigenvalue weighted by Gasteiger charge is 2.38. The van der Waals surface area contributed by atoms with Crippen LogP contribution in [0.25, 0.3) is 32.8 Å². The van der Waals surface area contributed by atoms with Crippen LogP contribution in [0.4, 0.5) is 0 Å². The van der Waals surface area contributed by atoms with Gasteiger partial charge in [-0.25, -0.2) is 0 Å². The number of aromatic amines is 1. The molecule has 4 nitrogen and oxygen atoms in total. The first-order valence-corrected chi connectivity index (χ1v) is 8.77. The Morgan fingerprint density at radius 3 is 2.33 bits per heavy atom. The third kappa shape index (κ3) is 2.23. The molecule has 0 saturated carbocycles. The zero-order valence-corrected chi connectivity index (χ0v) is 14.7. The van der Waals surface area contributed by atoms with Crippen molar-refractivity contribution >= 4 is 44.6 Å². The van der Waals surface area contributed by atoms with E-state index in [1.807, 2.05) is 72.9 Å². The summed E-state index contributed by atoms with van der Waals surface area (Å²) in [6, 6.07) is 21.7. The number of nitrogens with one attached hydrogen (secondary N) is 1. The van der Waals surface area contributed by atoms with Gasteiger partial charge in [0.2, 0.25) is 0 Å².